The first kappa shape index (κ1) is 11.8. The van der Waals surface area contributed by atoms with E-state index in [1.165, 1.54) is 5.56 Å². The number of hydrogen-bond donors (Lipinski definition) is 1. The highest BCUT2D eigenvalue weighted by Gasteiger charge is 2.08. The molecule has 0 aromatic heterocycles. The van der Waals surface area contributed by atoms with Crippen molar-refractivity contribution in [2.75, 3.05) is 17.7 Å². The Kier molecular flexibility index (Phi) is 3.25. The van der Waals surface area contributed by atoms with Crippen molar-refractivity contribution < 1.29 is 0 Å². The second-order valence-electron chi connectivity index (χ2n) is 4.10. The van der Waals surface area contributed by atoms with Gasteiger partial charge >= 0.3 is 0 Å². The molecule has 0 heterocycles. The normalized spacial score (nSPS) is 10.3. The van der Waals surface area contributed by atoms with Gasteiger partial charge in [-0.25, -0.2) is 0 Å². The van der Waals surface area contributed by atoms with Crippen molar-refractivity contribution in [1.82, 2.24) is 0 Å². The highest BCUT2D eigenvalue weighted by atomic mass is 35.5. The number of halogens is 1. The predicted molar refractivity (Wildman–Crippen MR) is 75.1 cm³/mol. The molecule has 2 aromatic carbocycles. The van der Waals surface area contributed by atoms with E-state index in [0.717, 1.165) is 17.1 Å². The van der Waals surface area contributed by atoms with Crippen LogP contribution in [0.1, 0.15) is 5.56 Å². The van der Waals surface area contributed by atoms with Crippen LogP contribution in [0.3, 0.4) is 0 Å². The third-order valence-corrected chi connectivity index (χ3v) is 2.98. The van der Waals surface area contributed by atoms with Crippen molar-refractivity contribution in [3.8, 4) is 0 Å². The van der Waals surface area contributed by atoms with Gasteiger partial charge in [0.1, 0.15) is 0 Å². The van der Waals surface area contributed by atoms with E-state index in [2.05, 4.69) is 19.1 Å². The van der Waals surface area contributed by atoms with Crippen molar-refractivity contribution in [1.29, 1.82) is 0 Å². The monoisotopic (exact) mass is 246 g/mol. The summed E-state index contributed by atoms with van der Waals surface area (Å²) in [6.07, 6.45) is 0. The maximum Gasteiger partial charge on any atom is 0.0656 e. The van der Waals surface area contributed by atoms with E-state index in [-0.39, 0.29) is 0 Å². The lowest BCUT2D eigenvalue weighted by Crippen LogP contribution is -2.11. The molecule has 0 saturated heterocycles. The SMILES string of the molecule is Cc1cccc(N(C)c2cc(Cl)ccc2N)c1. The molecule has 0 aliphatic rings. The zero-order valence-corrected chi connectivity index (χ0v) is 10.7. The Morgan fingerprint density at radius 1 is 1.12 bits per heavy atom. The van der Waals surface area contributed by atoms with Gasteiger partial charge in [-0.3, -0.25) is 0 Å². The smallest absolute Gasteiger partial charge is 0.0656 e. The van der Waals surface area contributed by atoms with Crippen LogP contribution >= 0.6 is 11.6 Å². The van der Waals surface area contributed by atoms with Gasteiger partial charge in [0.25, 0.3) is 0 Å². The molecule has 0 amide bonds. The molecular weight excluding hydrogens is 232 g/mol. The number of rotatable bonds is 2. The molecule has 17 heavy (non-hydrogen) atoms. The van der Waals surface area contributed by atoms with E-state index in [1.54, 1.807) is 6.07 Å². The maximum atomic E-state index is 6.00. The molecule has 3 heteroatoms. The highest BCUT2D eigenvalue weighted by molar-refractivity contribution is 6.31. The van der Waals surface area contributed by atoms with E-state index in [9.17, 15) is 0 Å². The first-order chi connectivity index (χ1) is 8.08. The number of anilines is 3. The molecule has 0 fully saturated rings. The van der Waals surface area contributed by atoms with E-state index in [0.29, 0.717) is 5.02 Å². The minimum absolute atomic E-state index is 0.689. The minimum atomic E-state index is 0.689. The largest absolute Gasteiger partial charge is 0.397 e. The van der Waals surface area contributed by atoms with Crippen molar-refractivity contribution >= 4 is 28.7 Å². The first-order valence-electron chi connectivity index (χ1n) is 5.43. The number of nitrogens with two attached hydrogens (primary N) is 1. The lowest BCUT2D eigenvalue weighted by Gasteiger charge is -2.21. The summed E-state index contributed by atoms with van der Waals surface area (Å²) >= 11 is 6.00. The fourth-order valence-corrected chi connectivity index (χ4v) is 1.95. The summed E-state index contributed by atoms with van der Waals surface area (Å²) in [4.78, 5) is 2.04. The number of aryl methyl sites for hydroxylation is 1. The first-order valence-corrected chi connectivity index (χ1v) is 5.81. The molecule has 2 nitrogen and oxygen atoms in total. The van der Waals surface area contributed by atoms with Gasteiger partial charge in [-0.1, -0.05) is 23.7 Å². The molecule has 0 saturated carbocycles. The van der Waals surface area contributed by atoms with Crippen LogP contribution in [0, 0.1) is 6.92 Å². The zero-order chi connectivity index (χ0) is 12.4. The maximum absolute atomic E-state index is 6.00. The molecule has 0 aliphatic carbocycles. The third-order valence-electron chi connectivity index (χ3n) is 2.74. The quantitative estimate of drug-likeness (QED) is 0.812. The Hall–Kier alpha value is -1.67. The van der Waals surface area contributed by atoms with Gasteiger partial charge in [-0.15, -0.1) is 0 Å². The standard InChI is InChI=1S/C14H15ClN2/c1-10-4-3-5-12(8-10)17(2)14-9-11(15)6-7-13(14)16/h3-9H,16H2,1-2H3. The van der Waals surface area contributed by atoms with Gasteiger partial charge in [-0.05, 0) is 42.8 Å². The van der Waals surface area contributed by atoms with Gasteiger partial charge in [0.2, 0.25) is 0 Å². The summed E-state index contributed by atoms with van der Waals surface area (Å²) in [5, 5.41) is 0.689. The Morgan fingerprint density at radius 3 is 2.59 bits per heavy atom. The van der Waals surface area contributed by atoms with Crippen LogP contribution in [0.2, 0.25) is 5.02 Å². The van der Waals surface area contributed by atoms with E-state index in [4.69, 9.17) is 17.3 Å². The average molecular weight is 247 g/mol. The van der Waals surface area contributed by atoms with Crippen LogP contribution in [0.15, 0.2) is 42.5 Å². The average Bonchev–Trinajstić information content (AvgIpc) is 2.31. The molecule has 0 unspecified atom stereocenters. The van der Waals surface area contributed by atoms with E-state index in [1.807, 2.05) is 36.2 Å². The summed E-state index contributed by atoms with van der Waals surface area (Å²) < 4.78 is 0. The number of benzene rings is 2. The topological polar surface area (TPSA) is 29.3 Å². The molecule has 2 rings (SSSR count). The summed E-state index contributed by atoms with van der Waals surface area (Å²) in [6, 6.07) is 13.8. The number of hydrogen-bond acceptors (Lipinski definition) is 2. The van der Waals surface area contributed by atoms with Crippen LogP contribution in [0.4, 0.5) is 17.1 Å². The van der Waals surface area contributed by atoms with Crippen molar-refractivity contribution in [3.05, 3.63) is 53.1 Å². The summed E-state index contributed by atoms with van der Waals surface area (Å²) in [7, 11) is 1.98. The number of nitrogen functional groups attached to an aromatic ring is 1. The fourth-order valence-electron chi connectivity index (χ4n) is 1.78. The van der Waals surface area contributed by atoms with E-state index >= 15 is 0 Å². The van der Waals surface area contributed by atoms with Crippen molar-refractivity contribution in [2.24, 2.45) is 0 Å². The van der Waals surface area contributed by atoms with Crippen LogP contribution in [-0.4, -0.2) is 7.05 Å². The van der Waals surface area contributed by atoms with Gasteiger partial charge in [0, 0.05) is 17.8 Å². The Bertz CT molecular complexity index is 537. The summed E-state index contributed by atoms with van der Waals surface area (Å²) in [5.41, 5.74) is 9.92. The van der Waals surface area contributed by atoms with Gasteiger partial charge in [0.05, 0.1) is 11.4 Å². The minimum Gasteiger partial charge on any atom is -0.397 e. The molecular formula is C14H15ClN2. The Labute approximate surface area is 107 Å². The van der Waals surface area contributed by atoms with Crippen LogP contribution < -0.4 is 10.6 Å². The lowest BCUT2D eigenvalue weighted by molar-refractivity contribution is 1.20. The summed E-state index contributed by atoms with van der Waals surface area (Å²) in [5.74, 6) is 0. The van der Waals surface area contributed by atoms with Gasteiger partial charge in [-0.2, -0.15) is 0 Å². The molecule has 0 aliphatic heterocycles. The van der Waals surface area contributed by atoms with Gasteiger partial charge < -0.3 is 10.6 Å². The zero-order valence-electron chi connectivity index (χ0n) is 9.94. The fraction of sp³-hybridized carbons (Fsp3) is 0.143. The van der Waals surface area contributed by atoms with Crippen LogP contribution in [0.5, 0.6) is 0 Å². The highest BCUT2D eigenvalue weighted by Crippen LogP contribution is 2.31. The molecule has 2 aromatic rings. The summed E-state index contributed by atoms with van der Waals surface area (Å²) in [6.45, 7) is 2.07. The molecule has 0 radical (unpaired) electrons. The van der Waals surface area contributed by atoms with Crippen LogP contribution in [0.25, 0.3) is 0 Å². The molecule has 88 valence electrons. The predicted octanol–water partition coefficient (Wildman–Crippen LogP) is 4.00. The molecule has 2 N–H and O–H groups in total. The Morgan fingerprint density at radius 2 is 1.88 bits per heavy atom. The van der Waals surface area contributed by atoms with Crippen molar-refractivity contribution in [3.63, 3.8) is 0 Å². The van der Waals surface area contributed by atoms with Crippen LogP contribution in [-0.2, 0) is 0 Å². The van der Waals surface area contributed by atoms with Gasteiger partial charge in [0.15, 0.2) is 0 Å². The Balaban J connectivity index is 2.43. The lowest BCUT2D eigenvalue weighted by atomic mass is 10.2. The van der Waals surface area contributed by atoms with Crippen molar-refractivity contribution in [2.45, 2.75) is 6.92 Å². The molecule has 0 atom stereocenters. The van der Waals surface area contributed by atoms with E-state index < -0.39 is 0 Å². The third kappa shape index (κ3) is 2.53. The molecule has 0 spiro atoms. The second-order valence-corrected chi connectivity index (χ2v) is 4.54. The number of nitrogens with zero attached hydrogens (tertiary/aromatic N) is 1. The molecule has 0 bridgehead atoms. The second kappa shape index (κ2) is 4.68.